The van der Waals surface area contributed by atoms with Crippen molar-refractivity contribution in [1.82, 2.24) is 20.0 Å². The van der Waals surface area contributed by atoms with Gasteiger partial charge in [0.1, 0.15) is 0 Å². The van der Waals surface area contributed by atoms with Crippen LogP contribution in [0.25, 0.3) is 0 Å². The number of piperidine rings is 1. The Kier molecular flexibility index (Phi) is 5.78. The maximum Gasteiger partial charge on any atom is 0.274 e. The fourth-order valence-corrected chi connectivity index (χ4v) is 6.06. The molecule has 6 nitrogen and oxygen atoms in total. The van der Waals surface area contributed by atoms with Crippen molar-refractivity contribution in [3.05, 3.63) is 52.8 Å². The summed E-state index contributed by atoms with van der Waals surface area (Å²) in [6, 6.07) is 10.3. The number of aromatic nitrogens is 2. The van der Waals surface area contributed by atoms with Gasteiger partial charge in [-0.3, -0.25) is 14.7 Å². The molecule has 2 aromatic rings. The minimum atomic E-state index is -0.339. The van der Waals surface area contributed by atoms with Gasteiger partial charge in [-0.1, -0.05) is 43.7 Å². The average Bonchev–Trinajstić information content (AvgIpc) is 3.41. The highest BCUT2D eigenvalue weighted by molar-refractivity contribution is 5.94. The number of H-pyrrole nitrogens is 1. The van der Waals surface area contributed by atoms with E-state index >= 15 is 0 Å². The number of carbonyl (C=O) groups excluding carboxylic acids is 2. The Morgan fingerprint density at radius 2 is 1.88 bits per heavy atom. The van der Waals surface area contributed by atoms with Crippen molar-refractivity contribution >= 4 is 11.8 Å². The number of hydrogen-bond donors (Lipinski definition) is 1. The molecule has 2 aliphatic heterocycles. The lowest BCUT2D eigenvalue weighted by atomic mass is 9.69. The number of rotatable bonds is 4. The average molecular weight is 435 g/mol. The van der Waals surface area contributed by atoms with Crippen molar-refractivity contribution in [3.8, 4) is 0 Å². The molecule has 0 unspecified atom stereocenters. The van der Waals surface area contributed by atoms with E-state index in [4.69, 9.17) is 0 Å². The van der Waals surface area contributed by atoms with Gasteiger partial charge in [-0.25, -0.2) is 0 Å². The van der Waals surface area contributed by atoms with E-state index in [2.05, 4.69) is 34.2 Å². The number of carbonyl (C=O) groups is 2. The third-order valence-electron chi connectivity index (χ3n) is 8.06. The van der Waals surface area contributed by atoms with Crippen LogP contribution >= 0.6 is 0 Å². The quantitative estimate of drug-likeness (QED) is 0.792. The number of nitrogens with zero attached hydrogens (tertiary/aromatic N) is 3. The van der Waals surface area contributed by atoms with Crippen LogP contribution in [0, 0.1) is 11.3 Å². The number of aromatic amines is 1. The number of likely N-dealkylation sites (tertiary alicyclic amines) is 2. The van der Waals surface area contributed by atoms with Crippen molar-refractivity contribution in [2.75, 3.05) is 19.6 Å². The van der Waals surface area contributed by atoms with E-state index in [9.17, 15) is 9.59 Å². The fraction of sp³-hybridized carbons (Fsp3) is 0.577. The molecule has 3 aliphatic rings. The van der Waals surface area contributed by atoms with Crippen LogP contribution in [0.4, 0.5) is 0 Å². The normalized spacial score (nSPS) is 24.5. The molecule has 1 aliphatic carbocycles. The molecule has 2 saturated heterocycles. The second-order valence-corrected chi connectivity index (χ2v) is 10.0. The van der Waals surface area contributed by atoms with Gasteiger partial charge in [0, 0.05) is 42.9 Å². The maximum atomic E-state index is 13.7. The first kappa shape index (κ1) is 21.2. The molecule has 0 spiro atoms. The maximum absolute atomic E-state index is 13.7. The summed E-state index contributed by atoms with van der Waals surface area (Å²) in [4.78, 5) is 30.9. The molecule has 5 rings (SSSR count). The number of hydrogen-bond acceptors (Lipinski definition) is 3. The number of amides is 2. The molecular formula is C26H34N4O2. The largest absolute Gasteiger partial charge is 0.338 e. The predicted octanol–water partition coefficient (Wildman–Crippen LogP) is 3.97. The van der Waals surface area contributed by atoms with Gasteiger partial charge in [-0.2, -0.15) is 5.10 Å². The van der Waals surface area contributed by atoms with E-state index in [1.165, 1.54) is 5.56 Å². The summed E-state index contributed by atoms with van der Waals surface area (Å²) in [6.07, 6.45) is 7.93. The lowest BCUT2D eigenvalue weighted by Crippen LogP contribution is -2.49. The van der Waals surface area contributed by atoms with Crippen LogP contribution in [0.5, 0.6) is 0 Å². The summed E-state index contributed by atoms with van der Waals surface area (Å²) >= 11 is 0. The summed E-state index contributed by atoms with van der Waals surface area (Å²) in [5.74, 6) is 0.681. The number of benzene rings is 1. The van der Waals surface area contributed by atoms with E-state index in [0.29, 0.717) is 37.2 Å². The van der Waals surface area contributed by atoms with Gasteiger partial charge in [-0.15, -0.1) is 0 Å². The number of nitrogens with one attached hydrogen (secondary N) is 1. The molecule has 2 amide bonds. The van der Waals surface area contributed by atoms with E-state index in [1.807, 2.05) is 23.1 Å². The molecule has 3 heterocycles. The van der Waals surface area contributed by atoms with Gasteiger partial charge in [-0.05, 0) is 56.4 Å². The monoisotopic (exact) mass is 434 g/mol. The van der Waals surface area contributed by atoms with Crippen LogP contribution < -0.4 is 0 Å². The summed E-state index contributed by atoms with van der Waals surface area (Å²) < 4.78 is 0. The Labute approximate surface area is 190 Å². The molecule has 1 N–H and O–H groups in total. The highest BCUT2D eigenvalue weighted by Gasteiger charge is 2.45. The molecule has 32 heavy (non-hydrogen) atoms. The predicted molar refractivity (Wildman–Crippen MR) is 123 cm³/mol. The first-order valence-electron chi connectivity index (χ1n) is 12.2. The Balaban J connectivity index is 1.26. The molecule has 2 fully saturated rings. The first-order valence-corrected chi connectivity index (χ1v) is 12.2. The second-order valence-electron chi connectivity index (χ2n) is 10.0. The Morgan fingerprint density at radius 3 is 2.66 bits per heavy atom. The summed E-state index contributed by atoms with van der Waals surface area (Å²) in [5.41, 5.74) is 3.74. The van der Waals surface area contributed by atoms with Gasteiger partial charge in [0.05, 0.1) is 0 Å². The zero-order chi connectivity index (χ0) is 22.1. The SMILES string of the molecule is C[C@@]1(C2CCN(C(=O)c3n[nH]c4c3CCC4)CC2)CCCCN(Cc2ccccc2)C1=O. The third kappa shape index (κ3) is 3.84. The molecule has 1 aromatic carbocycles. The molecule has 0 radical (unpaired) electrons. The van der Waals surface area contributed by atoms with Crippen molar-refractivity contribution in [1.29, 1.82) is 0 Å². The van der Waals surface area contributed by atoms with E-state index < -0.39 is 0 Å². The smallest absolute Gasteiger partial charge is 0.274 e. The van der Waals surface area contributed by atoms with E-state index in [1.54, 1.807) is 0 Å². The summed E-state index contributed by atoms with van der Waals surface area (Å²) in [7, 11) is 0. The minimum Gasteiger partial charge on any atom is -0.338 e. The third-order valence-corrected chi connectivity index (χ3v) is 8.06. The van der Waals surface area contributed by atoms with Crippen LogP contribution in [0.3, 0.4) is 0 Å². The van der Waals surface area contributed by atoms with Crippen LogP contribution in [0.15, 0.2) is 30.3 Å². The lowest BCUT2D eigenvalue weighted by Gasteiger charge is -2.42. The molecule has 6 heteroatoms. The van der Waals surface area contributed by atoms with Crippen molar-refractivity contribution in [2.45, 2.75) is 64.8 Å². The van der Waals surface area contributed by atoms with Crippen LogP contribution in [0.1, 0.15) is 72.8 Å². The van der Waals surface area contributed by atoms with Crippen LogP contribution in [-0.2, 0) is 24.2 Å². The van der Waals surface area contributed by atoms with Crippen molar-refractivity contribution in [2.24, 2.45) is 11.3 Å². The molecule has 170 valence electrons. The van der Waals surface area contributed by atoms with Gasteiger partial charge in [0.2, 0.25) is 5.91 Å². The fourth-order valence-electron chi connectivity index (χ4n) is 6.06. The molecule has 0 saturated carbocycles. The van der Waals surface area contributed by atoms with E-state index in [0.717, 1.165) is 69.2 Å². The molecule has 1 atom stereocenters. The Hall–Kier alpha value is -2.63. The number of fused-ring (bicyclic) bond motifs is 1. The number of aryl methyl sites for hydroxylation is 1. The topological polar surface area (TPSA) is 69.3 Å². The van der Waals surface area contributed by atoms with Gasteiger partial charge < -0.3 is 9.80 Å². The zero-order valence-electron chi connectivity index (χ0n) is 19.1. The van der Waals surface area contributed by atoms with Crippen LogP contribution in [-0.4, -0.2) is 51.4 Å². The van der Waals surface area contributed by atoms with Gasteiger partial charge in [0.25, 0.3) is 5.91 Å². The standard InChI is InChI=1S/C26H34N4O2/c1-26(14-5-6-15-30(25(26)32)18-19-8-3-2-4-9-19)20-12-16-29(17-13-20)24(31)23-21-10-7-11-22(21)27-28-23/h2-4,8-9,20H,5-7,10-18H2,1H3,(H,27,28)/t26-/m0/s1. The molecule has 1 aromatic heterocycles. The van der Waals surface area contributed by atoms with Gasteiger partial charge >= 0.3 is 0 Å². The molecule has 0 bridgehead atoms. The Morgan fingerprint density at radius 1 is 1.09 bits per heavy atom. The highest BCUT2D eigenvalue weighted by atomic mass is 16.2. The van der Waals surface area contributed by atoms with Crippen molar-refractivity contribution < 1.29 is 9.59 Å². The van der Waals surface area contributed by atoms with Crippen molar-refractivity contribution in [3.63, 3.8) is 0 Å². The van der Waals surface area contributed by atoms with E-state index in [-0.39, 0.29) is 11.3 Å². The minimum absolute atomic E-state index is 0.0610. The summed E-state index contributed by atoms with van der Waals surface area (Å²) in [6.45, 7) is 5.14. The van der Waals surface area contributed by atoms with Gasteiger partial charge in [0.15, 0.2) is 5.69 Å². The summed E-state index contributed by atoms with van der Waals surface area (Å²) in [5, 5.41) is 7.40. The molecular weight excluding hydrogens is 400 g/mol. The first-order chi connectivity index (χ1) is 15.6. The van der Waals surface area contributed by atoms with Crippen LogP contribution in [0.2, 0.25) is 0 Å². The Bertz CT molecular complexity index is 977. The highest BCUT2D eigenvalue weighted by Crippen LogP contribution is 2.43. The lowest BCUT2D eigenvalue weighted by molar-refractivity contribution is -0.145. The second kappa shape index (κ2) is 8.72. The zero-order valence-corrected chi connectivity index (χ0v) is 19.1.